The molecule has 0 saturated carbocycles. The van der Waals surface area contributed by atoms with Crippen LogP contribution in [0.3, 0.4) is 0 Å². The number of rotatable bonds is 8. The molecule has 7 heteroatoms. The molecule has 0 spiro atoms. The van der Waals surface area contributed by atoms with Crippen LogP contribution in [0.15, 0.2) is 29.8 Å². The molecule has 2 unspecified atom stereocenters. The molecule has 0 aromatic carbocycles. The van der Waals surface area contributed by atoms with Crippen LogP contribution in [0, 0.1) is 6.92 Å². The number of hydrogen-bond acceptors (Lipinski definition) is 5. The van der Waals surface area contributed by atoms with Crippen molar-refractivity contribution in [1.82, 2.24) is 19.9 Å². The number of thiazole rings is 1. The van der Waals surface area contributed by atoms with Crippen molar-refractivity contribution in [3.05, 3.63) is 46.7 Å². The van der Waals surface area contributed by atoms with E-state index < -0.39 is 0 Å². The highest BCUT2D eigenvalue weighted by Crippen LogP contribution is 2.32. The SMILES string of the molecule is CCc1cc(-c2nc(-c3cc(C(=O)NC(C)CC)c(C)n3CC3CCCO3)cs2)ccn1. The molecule has 1 aliphatic heterocycles. The largest absolute Gasteiger partial charge is 0.376 e. The van der Waals surface area contributed by atoms with Crippen molar-refractivity contribution in [2.75, 3.05) is 6.61 Å². The molecule has 1 fully saturated rings. The molecule has 0 radical (unpaired) electrons. The number of hydrogen-bond donors (Lipinski definition) is 1. The van der Waals surface area contributed by atoms with Gasteiger partial charge in [-0.1, -0.05) is 13.8 Å². The number of ether oxygens (including phenoxy) is 1. The molecule has 4 heterocycles. The van der Waals surface area contributed by atoms with Gasteiger partial charge in [0.2, 0.25) is 0 Å². The van der Waals surface area contributed by atoms with Crippen molar-refractivity contribution in [3.63, 3.8) is 0 Å². The zero-order chi connectivity index (χ0) is 22.7. The molecule has 0 aliphatic carbocycles. The monoisotopic (exact) mass is 452 g/mol. The van der Waals surface area contributed by atoms with Crippen molar-refractivity contribution in [2.24, 2.45) is 0 Å². The second-order valence-corrected chi connectivity index (χ2v) is 9.34. The Balaban J connectivity index is 1.71. The van der Waals surface area contributed by atoms with Crippen molar-refractivity contribution in [2.45, 2.75) is 72.1 Å². The second kappa shape index (κ2) is 9.96. The van der Waals surface area contributed by atoms with Gasteiger partial charge in [0.25, 0.3) is 5.91 Å². The summed E-state index contributed by atoms with van der Waals surface area (Å²) in [6, 6.07) is 6.23. The van der Waals surface area contributed by atoms with Crippen molar-refractivity contribution in [1.29, 1.82) is 0 Å². The standard InChI is InChI=1S/C25H32N4O2S/c1-5-16(3)27-24(30)21-13-23(29(17(21)4)14-20-8-7-11-31-20)22-15-32-25(28-22)18-9-10-26-19(6-2)12-18/h9-10,12-13,15-16,20H,5-8,11,14H2,1-4H3,(H,27,30). The fourth-order valence-electron chi connectivity index (χ4n) is 4.05. The molecule has 3 aromatic heterocycles. The maximum absolute atomic E-state index is 13.0. The lowest BCUT2D eigenvalue weighted by Gasteiger charge is -2.16. The molecule has 1 amide bonds. The number of carbonyl (C=O) groups is 1. The fourth-order valence-corrected chi connectivity index (χ4v) is 4.86. The van der Waals surface area contributed by atoms with Crippen LogP contribution in [-0.2, 0) is 17.7 Å². The van der Waals surface area contributed by atoms with Gasteiger partial charge in [0.15, 0.2) is 0 Å². The van der Waals surface area contributed by atoms with Crippen LogP contribution in [0.25, 0.3) is 22.0 Å². The lowest BCUT2D eigenvalue weighted by Crippen LogP contribution is -2.32. The molecule has 32 heavy (non-hydrogen) atoms. The first-order chi connectivity index (χ1) is 15.5. The van der Waals surface area contributed by atoms with Crippen LogP contribution in [0.2, 0.25) is 0 Å². The average Bonchev–Trinajstić information content (AvgIpc) is 3.55. The highest BCUT2D eigenvalue weighted by atomic mass is 32.1. The number of nitrogens with zero attached hydrogens (tertiary/aromatic N) is 3. The van der Waals surface area contributed by atoms with E-state index in [1.54, 1.807) is 11.3 Å². The minimum Gasteiger partial charge on any atom is -0.376 e. The summed E-state index contributed by atoms with van der Waals surface area (Å²) in [6.07, 6.45) is 5.95. The quantitative estimate of drug-likeness (QED) is 0.507. The smallest absolute Gasteiger partial charge is 0.253 e. The first-order valence-electron chi connectivity index (χ1n) is 11.5. The van der Waals surface area contributed by atoms with Gasteiger partial charge in [-0.15, -0.1) is 11.3 Å². The first-order valence-corrected chi connectivity index (χ1v) is 12.4. The van der Waals surface area contributed by atoms with Crippen LogP contribution in [0.5, 0.6) is 0 Å². The van der Waals surface area contributed by atoms with Crippen molar-refractivity contribution >= 4 is 17.2 Å². The number of amides is 1. The number of nitrogens with one attached hydrogen (secondary N) is 1. The van der Waals surface area contributed by atoms with Crippen LogP contribution in [0.4, 0.5) is 0 Å². The molecule has 0 bridgehead atoms. The van der Waals surface area contributed by atoms with Gasteiger partial charge < -0.3 is 14.6 Å². The van der Waals surface area contributed by atoms with Crippen LogP contribution in [0.1, 0.15) is 61.8 Å². The molecular formula is C25H32N4O2S. The minimum absolute atomic E-state index is 0.0265. The summed E-state index contributed by atoms with van der Waals surface area (Å²) in [7, 11) is 0. The Morgan fingerprint density at radius 1 is 1.38 bits per heavy atom. The highest BCUT2D eigenvalue weighted by molar-refractivity contribution is 7.13. The second-order valence-electron chi connectivity index (χ2n) is 8.48. The van der Waals surface area contributed by atoms with Crippen LogP contribution < -0.4 is 5.32 Å². The average molecular weight is 453 g/mol. The molecule has 1 saturated heterocycles. The van der Waals surface area contributed by atoms with E-state index in [1.165, 1.54) is 0 Å². The molecule has 1 aliphatic rings. The third-order valence-corrected chi connectivity index (χ3v) is 7.09. The van der Waals surface area contributed by atoms with Crippen molar-refractivity contribution in [3.8, 4) is 22.0 Å². The number of aryl methyl sites for hydroxylation is 1. The summed E-state index contributed by atoms with van der Waals surface area (Å²) in [4.78, 5) is 22.3. The zero-order valence-electron chi connectivity index (χ0n) is 19.4. The Morgan fingerprint density at radius 2 is 2.22 bits per heavy atom. The highest BCUT2D eigenvalue weighted by Gasteiger charge is 2.24. The van der Waals surface area contributed by atoms with E-state index in [9.17, 15) is 4.79 Å². The Morgan fingerprint density at radius 3 is 2.94 bits per heavy atom. The zero-order valence-corrected chi connectivity index (χ0v) is 20.2. The van der Waals surface area contributed by atoms with Gasteiger partial charge in [-0.2, -0.15) is 0 Å². The van der Waals surface area contributed by atoms with E-state index in [0.717, 1.165) is 72.2 Å². The molecular weight excluding hydrogens is 420 g/mol. The molecule has 6 nitrogen and oxygen atoms in total. The summed E-state index contributed by atoms with van der Waals surface area (Å²) in [5.41, 5.74) is 5.67. The molecule has 4 rings (SSSR count). The van der Waals surface area contributed by atoms with Gasteiger partial charge in [0.05, 0.1) is 23.1 Å². The molecule has 1 N–H and O–H groups in total. The van der Waals surface area contributed by atoms with Gasteiger partial charge in [0.1, 0.15) is 5.01 Å². The van der Waals surface area contributed by atoms with E-state index in [1.807, 2.05) is 32.2 Å². The third-order valence-electron chi connectivity index (χ3n) is 6.20. The van der Waals surface area contributed by atoms with Crippen molar-refractivity contribution < 1.29 is 9.53 Å². The van der Waals surface area contributed by atoms with E-state index in [4.69, 9.17) is 9.72 Å². The summed E-state index contributed by atoms with van der Waals surface area (Å²) in [5.74, 6) is -0.0265. The fraction of sp³-hybridized carbons (Fsp3) is 0.480. The van der Waals surface area contributed by atoms with Gasteiger partial charge >= 0.3 is 0 Å². The van der Waals surface area contributed by atoms with Crippen LogP contribution in [-0.4, -0.2) is 39.2 Å². The number of aromatic nitrogens is 3. The Labute approximate surface area is 194 Å². The Bertz CT molecular complexity index is 1080. The number of carbonyl (C=O) groups excluding carboxylic acids is 1. The third kappa shape index (κ3) is 4.79. The van der Waals surface area contributed by atoms with E-state index in [0.29, 0.717) is 5.56 Å². The van der Waals surface area contributed by atoms with Gasteiger partial charge in [-0.3, -0.25) is 9.78 Å². The molecule has 3 aromatic rings. The Kier molecular flexibility index (Phi) is 7.06. The van der Waals surface area contributed by atoms with Gasteiger partial charge in [-0.25, -0.2) is 4.98 Å². The minimum atomic E-state index is -0.0265. The van der Waals surface area contributed by atoms with Gasteiger partial charge in [0, 0.05) is 47.7 Å². The lowest BCUT2D eigenvalue weighted by atomic mass is 10.2. The Hall–Kier alpha value is -2.51. The number of pyridine rings is 1. The summed E-state index contributed by atoms with van der Waals surface area (Å²) >= 11 is 1.62. The van der Waals surface area contributed by atoms with Gasteiger partial charge in [-0.05, 0) is 57.7 Å². The lowest BCUT2D eigenvalue weighted by molar-refractivity contribution is 0.0930. The van der Waals surface area contributed by atoms with E-state index >= 15 is 0 Å². The van der Waals surface area contributed by atoms with E-state index in [2.05, 4.69) is 40.2 Å². The maximum atomic E-state index is 13.0. The topological polar surface area (TPSA) is 69.0 Å². The maximum Gasteiger partial charge on any atom is 0.253 e. The van der Waals surface area contributed by atoms with Crippen LogP contribution >= 0.6 is 11.3 Å². The van der Waals surface area contributed by atoms with E-state index in [-0.39, 0.29) is 18.1 Å². The predicted molar refractivity (Wildman–Crippen MR) is 129 cm³/mol. The summed E-state index contributed by atoms with van der Waals surface area (Å²) < 4.78 is 8.12. The normalized spacial score (nSPS) is 16.9. The summed E-state index contributed by atoms with van der Waals surface area (Å²) in [5, 5.41) is 6.15. The summed E-state index contributed by atoms with van der Waals surface area (Å²) in [6.45, 7) is 9.78. The molecule has 170 valence electrons. The molecule has 2 atom stereocenters. The predicted octanol–water partition coefficient (Wildman–Crippen LogP) is 5.25. The first kappa shape index (κ1) is 22.7.